The molecule has 0 atom stereocenters. The second-order valence-corrected chi connectivity index (χ2v) is 4.73. The number of hydrogen-bond acceptors (Lipinski definition) is 3. The van der Waals surface area contributed by atoms with E-state index in [0.29, 0.717) is 6.54 Å². The average molecular weight is 264 g/mol. The molecule has 20 heavy (non-hydrogen) atoms. The molecule has 0 saturated carbocycles. The van der Waals surface area contributed by atoms with E-state index in [-0.39, 0.29) is 0 Å². The Morgan fingerprint density at radius 1 is 1.00 bits per heavy atom. The molecule has 3 aromatic rings. The first-order chi connectivity index (χ1) is 9.76. The summed E-state index contributed by atoms with van der Waals surface area (Å²) in [7, 11) is 0. The summed E-state index contributed by atoms with van der Waals surface area (Å²) in [5.41, 5.74) is 8.54. The van der Waals surface area contributed by atoms with Gasteiger partial charge in [0.05, 0.1) is 0 Å². The van der Waals surface area contributed by atoms with Crippen LogP contribution in [0.3, 0.4) is 0 Å². The first-order valence-corrected chi connectivity index (χ1v) is 6.59. The maximum atomic E-state index is 5.94. The number of para-hydroxylation sites is 1. The molecular weight excluding hydrogens is 248 g/mol. The third-order valence-electron chi connectivity index (χ3n) is 3.21. The van der Waals surface area contributed by atoms with Gasteiger partial charge >= 0.3 is 0 Å². The summed E-state index contributed by atoms with van der Waals surface area (Å²) in [5.74, 6) is 1.56. The van der Waals surface area contributed by atoms with Crippen LogP contribution in [0.4, 0.5) is 0 Å². The maximum absolute atomic E-state index is 5.94. The standard InChI is InChI=1S/C17H16N2O/c1-12-5-8-14-3-2-4-16(17(14)19-12)20-15-9-6-13(11-18)7-10-15/h2-10H,11,18H2,1H3. The molecule has 0 saturated heterocycles. The fourth-order valence-corrected chi connectivity index (χ4v) is 2.12. The number of nitrogens with two attached hydrogens (primary N) is 1. The maximum Gasteiger partial charge on any atom is 0.153 e. The Labute approximate surface area is 118 Å². The third-order valence-corrected chi connectivity index (χ3v) is 3.21. The lowest BCUT2D eigenvalue weighted by Gasteiger charge is -2.09. The van der Waals surface area contributed by atoms with Gasteiger partial charge in [-0.1, -0.05) is 30.3 Å². The minimum Gasteiger partial charge on any atom is -0.455 e. The quantitative estimate of drug-likeness (QED) is 0.782. The summed E-state index contributed by atoms with van der Waals surface area (Å²) in [6.45, 7) is 2.52. The molecule has 0 unspecified atom stereocenters. The number of nitrogens with zero attached hydrogens (tertiary/aromatic N) is 1. The van der Waals surface area contributed by atoms with Crippen LogP contribution in [0.1, 0.15) is 11.3 Å². The number of hydrogen-bond donors (Lipinski definition) is 1. The fourth-order valence-electron chi connectivity index (χ4n) is 2.12. The predicted octanol–water partition coefficient (Wildman–Crippen LogP) is 3.79. The highest BCUT2D eigenvalue weighted by Crippen LogP contribution is 2.28. The van der Waals surface area contributed by atoms with Crippen LogP contribution in [0.5, 0.6) is 11.5 Å². The van der Waals surface area contributed by atoms with Crippen LogP contribution in [0.2, 0.25) is 0 Å². The van der Waals surface area contributed by atoms with E-state index in [2.05, 4.69) is 11.1 Å². The van der Waals surface area contributed by atoms with Crippen molar-refractivity contribution in [3.05, 3.63) is 65.9 Å². The van der Waals surface area contributed by atoms with Crippen molar-refractivity contribution >= 4 is 10.9 Å². The lowest BCUT2D eigenvalue weighted by atomic mass is 10.2. The molecule has 1 heterocycles. The summed E-state index contributed by atoms with van der Waals surface area (Å²) in [5, 5.41) is 1.08. The molecule has 0 amide bonds. The molecule has 0 fully saturated rings. The van der Waals surface area contributed by atoms with Gasteiger partial charge in [-0.25, -0.2) is 4.98 Å². The number of benzene rings is 2. The van der Waals surface area contributed by atoms with Gasteiger partial charge in [0.25, 0.3) is 0 Å². The summed E-state index contributed by atoms with van der Waals surface area (Å²) in [6.07, 6.45) is 0. The summed E-state index contributed by atoms with van der Waals surface area (Å²) < 4.78 is 5.94. The monoisotopic (exact) mass is 264 g/mol. The Morgan fingerprint density at radius 2 is 1.80 bits per heavy atom. The minimum atomic E-state index is 0.537. The molecule has 3 nitrogen and oxygen atoms in total. The largest absolute Gasteiger partial charge is 0.455 e. The van der Waals surface area contributed by atoms with E-state index < -0.39 is 0 Å². The first-order valence-electron chi connectivity index (χ1n) is 6.59. The van der Waals surface area contributed by atoms with Crippen LogP contribution < -0.4 is 10.5 Å². The van der Waals surface area contributed by atoms with Crippen molar-refractivity contribution < 1.29 is 4.74 Å². The molecule has 100 valence electrons. The van der Waals surface area contributed by atoms with Crippen molar-refractivity contribution in [3.8, 4) is 11.5 Å². The molecule has 0 aliphatic rings. The Balaban J connectivity index is 1.99. The smallest absolute Gasteiger partial charge is 0.153 e. The molecule has 0 aliphatic carbocycles. The lowest BCUT2D eigenvalue weighted by Crippen LogP contribution is -1.95. The highest BCUT2D eigenvalue weighted by molar-refractivity contribution is 5.84. The van der Waals surface area contributed by atoms with Crippen molar-refractivity contribution in [3.63, 3.8) is 0 Å². The number of pyridine rings is 1. The van der Waals surface area contributed by atoms with Crippen LogP contribution >= 0.6 is 0 Å². The van der Waals surface area contributed by atoms with Gasteiger partial charge in [0, 0.05) is 17.6 Å². The second kappa shape index (κ2) is 5.31. The van der Waals surface area contributed by atoms with Crippen molar-refractivity contribution in [2.45, 2.75) is 13.5 Å². The highest BCUT2D eigenvalue weighted by Gasteiger charge is 2.05. The molecule has 2 aromatic carbocycles. The number of fused-ring (bicyclic) bond motifs is 1. The van der Waals surface area contributed by atoms with E-state index in [4.69, 9.17) is 10.5 Å². The summed E-state index contributed by atoms with van der Waals surface area (Å²) in [6, 6.07) is 17.8. The molecule has 0 aliphatic heterocycles. The molecule has 1 aromatic heterocycles. The van der Waals surface area contributed by atoms with E-state index in [1.807, 2.05) is 55.5 Å². The zero-order chi connectivity index (χ0) is 13.9. The van der Waals surface area contributed by atoms with E-state index in [1.54, 1.807) is 0 Å². The van der Waals surface area contributed by atoms with Crippen molar-refractivity contribution in [1.82, 2.24) is 4.98 Å². The Kier molecular flexibility index (Phi) is 3.35. The molecule has 0 spiro atoms. The molecule has 0 radical (unpaired) electrons. The first kappa shape index (κ1) is 12.6. The zero-order valence-electron chi connectivity index (χ0n) is 11.3. The Hall–Kier alpha value is -2.39. The van der Waals surface area contributed by atoms with Gasteiger partial charge in [-0.05, 0) is 36.8 Å². The fraction of sp³-hybridized carbons (Fsp3) is 0.118. The van der Waals surface area contributed by atoms with Gasteiger partial charge in [-0.2, -0.15) is 0 Å². The molecule has 3 rings (SSSR count). The van der Waals surface area contributed by atoms with Gasteiger partial charge in [0.2, 0.25) is 0 Å². The van der Waals surface area contributed by atoms with E-state index in [1.165, 1.54) is 0 Å². The number of aromatic nitrogens is 1. The van der Waals surface area contributed by atoms with Gasteiger partial charge in [-0.15, -0.1) is 0 Å². The molecule has 3 heteroatoms. The van der Waals surface area contributed by atoms with Gasteiger partial charge in [0.1, 0.15) is 11.3 Å². The number of rotatable bonds is 3. The van der Waals surface area contributed by atoms with Crippen LogP contribution in [0.25, 0.3) is 10.9 Å². The minimum absolute atomic E-state index is 0.537. The molecular formula is C17H16N2O. The normalized spacial score (nSPS) is 10.7. The predicted molar refractivity (Wildman–Crippen MR) is 80.9 cm³/mol. The second-order valence-electron chi connectivity index (χ2n) is 4.73. The average Bonchev–Trinajstić information content (AvgIpc) is 2.49. The lowest BCUT2D eigenvalue weighted by molar-refractivity contribution is 0.487. The Bertz CT molecular complexity index is 736. The highest BCUT2D eigenvalue weighted by atomic mass is 16.5. The topological polar surface area (TPSA) is 48.1 Å². The van der Waals surface area contributed by atoms with Crippen molar-refractivity contribution in [2.75, 3.05) is 0 Å². The molecule has 2 N–H and O–H groups in total. The summed E-state index contributed by atoms with van der Waals surface area (Å²) in [4.78, 5) is 4.56. The van der Waals surface area contributed by atoms with Crippen molar-refractivity contribution in [1.29, 1.82) is 0 Å². The van der Waals surface area contributed by atoms with Crippen LogP contribution in [0, 0.1) is 6.92 Å². The number of ether oxygens (including phenoxy) is 1. The molecule has 0 bridgehead atoms. The van der Waals surface area contributed by atoms with Crippen LogP contribution in [-0.2, 0) is 6.54 Å². The van der Waals surface area contributed by atoms with E-state index in [0.717, 1.165) is 33.7 Å². The van der Waals surface area contributed by atoms with E-state index in [9.17, 15) is 0 Å². The van der Waals surface area contributed by atoms with Crippen LogP contribution in [0.15, 0.2) is 54.6 Å². The number of aryl methyl sites for hydroxylation is 1. The zero-order valence-corrected chi connectivity index (χ0v) is 11.3. The third kappa shape index (κ3) is 2.49. The van der Waals surface area contributed by atoms with Gasteiger partial charge in [-0.3, -0.25) is 0 Å². The van der Waals surface area contributed by atoms with Gasteiger partial charge in [0.15, 0.2) is 5.75 Å². The van der Waals surface area contributed by atoms with Crippen LogP contribution in [-0.4, -0.2) is 4.98 Å². The van der Waals surface area contributed by atoms with Crippen molar-refractivity contribution in [2.24, 2.45) is 5.73 Å². The Morgan fingerprint density at radius 3 is 2.55 bits per heavy atom. The van der Waals surface area contributed by atoms with E-state index >= 15 is 0 Å². The SMILES string of the molecule is Cc1ccc2cccc(Oc3ccc(CN)cc3)c2n1. The summed E-state index contributed by atoms with van der Waals surface area (Å²) >= 11 is 0. The van der Waals surface area contributed by atoms with Gasteiger partial charge < -0.3 is 10.5 Å².